The summed E-state index contributed by atoms with van der Waals surface area (Å²) in [6.07, 6.45) is 7.19. The van der Waals surface area contributed by atoms with Crippen molar-refractivity contribution in [3.63, 3.8) is 0 Å². The lowest BCUT2D eigenvalue weighted by Crippen LogP contribution is -2.44. The molecule has 3 rings (SSSR count). The molecular weight excluding hydrogens is 481 g/mol. The summed E-state index contributed by atoms with van der Waals surface area (Å²) in [5.41, 5.74) is 0.00297. The maximum absolute atomic E-state index is 10.6. The number of nitrogens with one attached hydrogen (secondary N) is 2. The number of aromatic nitrogens is 1. The van der Waals surface area contributed by atoms with E-state index in [0.717, 1.165) is 31.0 Å². The number of anilines is 1. The van der Waals surface area contributed by atoms with Gasteiger partial charge in [-0.1, -0.05) is 0 Å². The first-order chi connectivity index (χ1) is 13.6. The van der Waals surface area contributed by atoms with E-state index in [1.165, 1.54) is 19.3 Å². The van der Waals surface area contributed by atoms with Gasteiger partial charge in [-0.3, -0.25) is 0 Å². The van der Waals surface area contributed by atoms with Gasteiger partial charge in [0.2, 0.25) is 0 Å². The number of piperidine rings is 1. The van der Waals surface area contributed by atoms with Crippen LogP contribution in [-0.4, -0.2) is 42.2 Å². The third-order valence-corrected chi connectivity index (χ3v) is 4.91. The predicted molar refractivity (Wildman–Crippen MR) is 127 cm³/mol. The van der Waals surface area contributed by atoms with E-state index in [1.807, 2.05) is 19.2 Å². The summed E-state index contributed by atoms with van der Waals surface area (Å²) >= 11 is 0. The van der Waals surface area contributed by atoms with Crippen molar-refractivity contribution in [3.05, 3.63) is 48.0 Å². The molecular formula is C21H32IN5O2. The number of hydrogen-bond donors (Lipinski definition) is 3. The molecule has 0 amide bonds. The van der Waals surface area contributed by atoms with Crippen molar-refractivity contribution >= 4 is 35.8 Å². The van der Waals surface area contributed by atoms with Gasteiger partial charge in [-0.15, -0.1) is 24.0 Å². The van der Waals surface area contributed by atoms with Crippen LogP contribution in [0.5, 0.6) is 0 Å². The summed E-state index contributed by atoms with van der Waals surface area (Å²) in [6.45, 7) is 7.46. The fourth-order valence-corrected chi connectivity index (χ4v) is 3.29. The van der Waals surface area contributed by atoms with E-state index in [-0.39, 0.29) is 24.0 Å². The van der Waals surface area contributed by atoms with Gasteiger partial charge < -0.3 is 25.1 Å². The Balaban J connectivity index is 0.00000300. The molecule has 8 heteroatoms. The van der Waals surface area contributed by atoms with E-state index in [2.05, 4.69) is 31.6 Å². The van der Waals surface area contributed by atoms with Crippen LogP contribution in [0.2, 0.25) is 0 Å². The smallest absolute Gasteiger partial charge is 0.191 e. The Morgan fingerprint density at radius 1 is 1.28 bits per heavy atom. The third kappa shape index (κ3) is 6.88. The summed E-state index contributed by atoms with van der Waals surface area (Å²) in [5, 5.41) is 17.0. The van der Waals surface area contributed by atoms with Crippen molar-refractivity contribution in [2.75, 3.05) is 31.1 Å². The van der Waals surface area contributed by atoms with E-state index in [4.69, 9.17) is 4.42 Å². The molecule has 0 spiro atoms. The quantitative estimate of drug-likeness (QED) is 0.300. The van der Waals surface area contributed by atoms with Gasteiger partial charge in [0.25, 0.3) is 0 Å². The standard InChI is InChI=1S/C21H31N5O2.HI/c1-3-22-20(25-16-21(2,27)18-8-7-13-28-18)24-15-17-9-10-23-19(14-17)26-11-5-4-6-12-26;/h7-10,13-14,27H,3-6,11-12,15-16H2,1-2H3,(H2,22,24,25);1H. The number of furan rings is 1. The Hall–Kier alpha value is -1.81. The van der Waals surface area contributed by atoms with Gasteiger partial charge in [0.05, 0.1) is 19.4 Å². The highest BCUT2D eigenvalue weighted by molar-refractivity contribution is 14.0. The number of pyridine rings is 1. The predicted octanol–water partition coefficient (Wildman–Crippen LogP) is 3.25. The minimum Gasteiger partial charge on any atom is -0.466 e. The lowest BCUT2D eigenvalue weighted by molar-refractivity contribution is 0.0386. The Morgan fingerprint density at radius 2 is 2.07 bits per heavy atom. The van der Waals surface area contributed by atoms with Crippen LogP contribution in [0, 0.1) is 0 Å². The molecule has 0 bridgehead atoms. The summed E-state index contributed by atoms with van der Waals surface area (Å²) in [4.78, 5) is 11.5. The second-order valence-electron chi connectivity index (χ2n) is 7.37. The van der Waals surface area contributed by atoms with Gasteiger partial charge in [0.1, 0.15) is 17.2 Å². The van der Waals surface area contributed by atoms with Crippen LogP contribution < -0.4 is 15.5 Å². The first kappa shape index (κ1) is 23.5. The van der Waals surface area contributed by atoms with Gasteiger partial charge in [-0.25, -0.2) is 9.98 Å². The molecule has 3 N–H and O–H groups in total. The second kappa shape index (κ2) is 11.4. The SMILES string of the molecule is CCNC(=NCc1ccnc(N2CCCCC2)c1)NCC(C)(O)c1ccco1.I. The van der Waals surface area contributed by atoms with Gasteiger partial charge in [-0.05, 0) is 62.9 Å². The first-order valence-corrected chi connectivity index (χ1v) is 10.1. The second-order valence-corrected chi connectivity index (χ2v) is 7.37. The molecule has 1 atom stereocenters. The highest BCUT2D eigenvalue weighted by Crippen LogP contribution is 2.20. The van der Waals surface area contributed by atoms with Crippen LogP contribution >= 0.6 is 24.0 Å². The van der Waals surface area contributed by atoms with Gasteiger partial charge >= 0.3 is 0 Å². The molecule has 7 nitrogen and oxygen atoms in total. The van der Waals surface area contributed by atoms with Crippen molar-refractivity contribution in [2.24, 2.45) is 4.99 Å². The lowest BCUT2D eigenvalue weighted by Gasteiger charge is -2.27. The lowest BCUT2D eigenvalue weighted by atomic mass is 10.0. The van der Waals surface area contributed by atoms with Crippen molar-refractivity contribution < 1.29 is 9.52 Å². The van der Waals surface area contributed by atoms with E-state index >= 15 is 0 Å². The molecule has 0 aromatic carbocycles. The van der Waals surface area contributed by atoms with Crippen molar-refractivity contribution in [3.8, 4) is 0 Å². The van der Waals surface area contributed by atoms with Crippen LogP contribution in [0.15, 0.2) is 46.1 Å². The van der Waals surface area contributed by atoms with Crippen molar-refractivity contribution in [2.45, 2.75) is 45.3 Å². The van der Waals surface area contributed by atoms with Crippen LogP contribution in [0.1, 0.15) is 44.4 Å². The molecule has 0 radical (unpaired) electrons. The Labute approximate surface area is 190 Å². The molecule has 1 aliphatic heterocycles. The molecule has 2 aromatic heterocycles. The number of halogens is 1. The molecule has 1 saturated heterocycles. The highest BCUT2D eigenvalue weighted by Gasteiger charge is 2.26. The molecule has 1 unspecified atom stereocenters. The zero-order valence-corrected chi connectivity index (χ0v) is 19.6. The molecule has 0 aliphatic carbocycles. The minimum absolute atomic E-state index is 0. The van der Waals surface area contributed by atoms with E-state index in [0.29, 0.717) is 24.8 Å². The minimum atomic E-state index is -1.11. The average Bonchev–Trinajstić information content (AvgIpc) is 3.27. The van der Waals surface area contributed by atoms with E-state index < -0.39 is 5.60 Å². The van der Waals surface area contributed by atoms with Gasteiger partial charge in [0.15, 0.2) is 5.96 Å². The van der Waals surface area contributed by atoms with Crippen molar-refractivity contribution in [1.29, 1.82) is 0 Å². The number of guanidine groups is 1. The van der Waals surface area contributed by atoms with Crippen LogP contribution in [-0.2, 0) is 12.1 Å². The molecule has 29 heavy (non-hydrogen) atoms. The topological polar surface area (TPSA) is 85.9 Å². The van der Waals surface area contributed by atoms with Crippen LogP contribution in [0.3, 0.4) is 0 Å². The molecule has 3 heterocycles. The number of hydrogen-bond acceptors (Lipinski definition) is 5. The highest BCUT2D eigenvalue weighted by atomic mass is 127. The molecule has 1 fully saturated rings. The summed E-state index contributed by atoms with van der Waals surface area (Å²) in [6, 6.07) is 7.66. The fraction of sp³-hybridized carbons (Fsp3) is 0.524. The molecule has 160 valence electrons. The summed E-state index contributed by atoms with van der Waals surface area (Å²) in [5.74, 6) is 2.22. The zero-order chi connectivity index (χ0) is 19.8. The summed E-state index contributed by atoms with van der Waals surface area (Å²) in [7, 11) is 0. The Morgan fingerprint density at radius 3 is 2.76 bits per heavy atom. The molecule has 2 aromatic rings. The van der Waals surface area contributed by atoms with Gasteiger partial charge in [-0.2, -0.15) is 0 Å². The molecule has 1 aliphatic rings. The average molecular weight is 513 g/mol. The van der Waals surface area contributed by atoms with E-state index in [1.54, 1.807) is 25.3 Å². The van der Waals surface area contributed by atoms with Crippen LogP contribution in [0.4, 0.5) is 5.82 Å². The monoisotopic (exact) mass is 513 g/mol. The van der Waals surface area contributed by atoms with Crippen LogP contribution in [0.25, 0.3) is 0 Å². The first-order valence-electron chi connectivity index (χ1n) is 10.1. The Bertz CT molecular complexity index is 758. The van der Waals surface area contributed by atoms with Gasteiger partial charge in [0, 0.05) is 25.8 Å². The van der Waals surface area contributed by atoms with Crippen molar-refractivity contribution in [1.82, 2.24) is 15.6 Å². The maximum atomic E-state index is 10.6. The zero-order valence-electron chi connectivity index (χ0n) is 17.2. The number of aliphatic imine (C=N–C) groups is 1. The Kier molecular flexibility index (Phi) is 9.22. The molecule has 0 saturated carbocycles. The summed E-state index contributed by atoms with van der Waals surface area (Å²) < 4.78 is 5.33. The third-order valence-electron chi connectivity index (χ3n) is 4.91. The number of rotatable bonds is 7. The normalized spacial score (nSPS) is 16.7. The maximum Gasteiger partial charge on any atom is 0.191 e. The largest absolute Gasteiger partial charge is 0.466 e. The number of nitrogens with zero attached hydrogens (tertiary/aromatic N) is 3. The number of aliphatic hydroxyl groups is 1. The fourth-order valence-electron chi connectivity index (χ4n) is 3.29. The van der Waals surface area contributed by atoms with E-state index in [9.17, 15) is 5.11 Å².